The van der Waals surface area contributed by atoms with Gasteiger partial charge in [-0.1, -0.05) is 13.0 Å². The second-order valence-electron chi connectivity index (χ2n) is 5.27. The molecule has 0 bridgehead atoms. The average molecular weight is 371 g/mol. The number of benzene rings is 1. The van der Waals surface area contributed by atoms with Crippen LogP contribution in [0.5, 0.6) is 0 Å². The molecule has 0 aliphatic rings. The first-order chi connectivity index (χ1) is 9.99. The Labute approximate surface area is 137 Å². The zero-order valence-corrected chi connectivity index (χ0v) is 14.7. The molecule has 2 aromatic rings. The molecule has 21 heavy (non-hydrogen) atoms. The maximum Gasteiger partial charge on any atom is 0.146 e. The van der Waals surface area contributed by atoms with Crippen molar-refractivity contribution >= 4 is 33.0 Å². The zero-order valence-electron chi connectivity index (χ0n) is 12.3. The van der Waals surface area contributed by atoms with Gasteiger partial charge in [-0.25, -0.2) is 4.39 Å². The number of thiophene rings is 1. The molecule has 1 unspecified atom stereocenters. The highest BCUT2D eigenvalue weighted by molar-refractivity contribution is 9.11. The normalized spacial score (nSPS) is 12.4. The van der Waals surface area contributed by atoms with Crippen molar-refractivity contribution in [1.82, 2.24) is 0 Å². The van der Waals surface area contributed by atoms with Crippen LogP contribution in [0.25, 0.3) is 0 Å². The summed E-state index contributed by atoms with van der Waals surface area (Å²) in [5, 5.41) is 2.08. The predicted molar refractivity (Wildman–Crippen MR) is 92.5 cm³/mol. The van der Waals surface area contributed by atoms with E-state index in [1.165, 1.54) is 5.56 Å². The summed E-state index contributed by atoms with van der Waals surface area (Å²) in [6.45, 7) is 2.73. The molecule has 1 atom stereocenters. The summed E-state index contributed by atoms with van der Waals surface area (Å²) in [6.07, 6.45) is 1.62. The summed E-state index contributed by atoms with van der Waals surface area (Å²) < 4.78 is 15.4. The molecule has 0 saturated heterocycles. The molecular weight excluding hydrogens is 351 g/mol. The van der Waals surface area contributed by atoms with Gasteiger partial charge in [-0.2, -0.15) is 0 Å². The lowest BCUT2D eigenvalue weighted by Gasteiger charge is -2.20. The molecule has 5 heteroatoms. The first-order valence-corrected chi connectivity index (χ1v) is 8.65. The molecule has 1 aromatic carbocycles. The molecule has 0 aliphatic carbocycles. The lowest BCUT2D eigenvalue weighted by Crippen LogP contribution is -2.22. The Balaban J connectivity index is 2.09. The summed E-state index contributed by atoms with van der Waals surface area (Å²) in [5.74, 6) is -0.187. The van der Waals surface area contributed by atoms with Crippen LogP contribution in [0.3, 0.4) is 0 Å². The minimum atomic E-state index is -0.187. The summed E-state index contributed by atoms with van der Waals surface area (Å²) in [7, 11) is 1.90. The van der Waals surface area contributed by atoms with E-state index in [1.807, 2.05) is 31.0 Å². The standard InChI is InChI=1S/C16H20BrFN2S/c1-3-13(19)6-11-4-5-15(14(18)7-11)20(2)9-12-8-16(17)21-10-12/h4-5,7-8,10,13H,3,6,9,19H2,1-2H3. The second-order valence-corrected chi connectivity index (χ2v) is 7.56. The third kappa shape index (κ3) is 4.53. The van der Waals surface area contributed by atoms with Gasteiger partial charge < -0.3 is 10.6 Å². The molecule has 2 nitrogen and oxygen atoms in total. The minimum Gasteiger partial charge on any atom is -0.368 e. The predicted octanol–water partition coefficient (Wildman–Crippen LogP) is 4.57. The van der Waals surface area contributed by atoms with E-state index in [0.717, 1.165) is 22.2 Å². The highest BCUT2D eigenvalue weighted by Crippen LogP contribution is 2.25. The molecule has 0 spiro atoms. The van der Waals surface area contributed by atoms with E-state index in [4.69, 9.17) is 5.73 Å². The van der Waals surface area contributed by atoms with Gasteiger partial charge in [0.1, 0.15) is 5.82 Å². The van der Waals surface area contributed by atoms with Crippen molar-refractivity contribution in [3.8, 4) is 0 Å². The SMILES string of the molecule is CCC(N)Cc1ccc(N(C)Cc2csc(Br)c2)c(F)c1. The van der Waals surface area contributed by atoms with Gasteiger partial charge in [0.05, 0.1) is 9.47 Å². The Kier molecular flexibility index (Phi) is 5.79. The van der Waals surface area contributed by atoms with Gasteiger partial charge in [0, 0.05) is 19.6 Å². The Morgan fingerprint density at radius 2 is 2.10 bits per heavy atom. The van der Waals surface area contributed by atoms with Gasteiger partial charge in [0.15, 0.2) is 0 Å². The molecule has 1 aromatic heterocycles. The Morgan fingerprint density at radius 3 is 2.67 bits per heavy atom. The fourth-order valence-electron chi connectivity index (χ4n) is 2.22. The van der Waals surface area contributed by atoms with Crippen molar-refractivity contribution in [2.24, 2.45) is 5.73 Å². The number of rotatable bonds is 6. The molecule has 0 aliphatic heterocycles. The fraction of sp³-hybridized carbons (Fsp3) is 0.375. The maximum absolute atomic E-state index is 14.3. The van der Waals surface area contributed by atoms with E-state index < -0.39 is 0 Å². The van der Waals surface area contributed by atoms with E-state index in [-0.39, 0.29) is 11.9 Å². The Morgan fingerprint density at radius 1 is 1.33 bits per heavy atom. The summed E-state index contributed by atoms with van der Waals surface area (Å²) in [4.78, 5) is 1.92. The molecule has 0 saturated carbocycles. The van der Waals surface area contributed by atoms with Crippen LogP contribution >= 0.6 is 27.3 Å². The molecule has 0 fully saturated rings. The lowest BCUT2D eigenvalue weighted by atomic mass is 10.0. The third-order valence-electron chi connectivity index (χ3n) is 3.49. The average Bonchev–Trinajstić information content (AvgIpc) is 2.83. The number of nitrogens with two attached hydrogens (primary N) is 1. The van der Waals surface area contributed by atoms with Crippen molar-refractivity contribution in [3.05, 3.63) is 50.4 Å². The maximum atomic E-state index is 14.3. The van der Waals surface area contributed by atoms with E-state index in [1.54, 1.807) is 17.4 Å². The Bertz CT molecular complexity index is 600. The first-order valence-electron chi connectivity index (χ1n) is 6.97. The number of nitrogens with zero attached hydrogens (tertiary/aromatic N) is 1. The van der Waals surface area contributed by atoms with Crippen LogP contribution < -0.4 is 10.6 Å². The van der Waals surface area contributed by atoms with Crippen LogP contribution in [0.2, 0.25) is 0 Å². The molecular formula is C16H20BrFN2S. The van der Waals surface area contributed by atoms with Crippen LogP contribution in [0.15, 0.2) is 33.4 Å². The molecule has 2 rings (SSSR count). The van der Waals surface area contributed by atoms with Crippen molar-refractivity contribution < 1.29 is 4.39 Å². The summed E-state index contributed by atoms with van der Waals surface area (Å²) >= 11 is 5.09. The molecule has 0 radical (unpaired) electrons. The van der Waals surface area contributed by atoms with E-state index in [2.05, 4.69) is 27.4 Å². The third-order valence-corrected chi connectivity index (χ3v) is 5.04. The van der Waals surface area contributed by atoms with Gasteiger partial charge in [-0.15, -0.1) is 11.3 Å². The van der Waals surface area contributed by atoms with Gasteiger partial charge in [0.2, 0.25) is 0 Å². The highest BCUT2D eigenvalue weighted by Gasteiger charge is 2.11. The second kappa shape index (κ2) is 7.38. The van der Waals surface area contributed by atoms with E-state index >= 15 is 0 Å². The molecule has 1 heterocycles. The lowest BCUT2D eigenvalue weighted by molar-refractivity contribution is 0.610. The van der Waals surface area contributed by atoms with Gasteiger partial charge in [-0.3, -0.25) is 0 Å². The fourth-order valence-corrected chi connectivity index (χ4v) is 3.42. The highest BCUT2D eigenvalue weighted by atomic mass is 79.9. The summed E-state index contributed by atoms with van der Waals surface area (Å²) in [5.41, 5.74) is 8.67. The zero-order chi connectivity index (χ0) is 15.4. The van der Waals surface area contributed by atoms with Crippen LogP contribution in [0.1, 0.15) is 24.5 Å². The quantitative estimate of drug-likeness (QED) is 0.806. The number of anilines is 1. The monoisotopic (exact) mass is 370 g/mol. The van der Waals surface area contributed by atoms with Crippen LogP contribution in [-0.4, -0.2) is 13.1 Å². The van der Waals surface area contributed by atoms with Gasteiger partial charge in [-0.05, 0) is 63.5 Å². The molecule has 114 valence electrons. The number of hydrogen-bond acceptors (Lipinski definition) is 3. The van der Waals surface area contributed by atoms with Crippen molar-refractivity contribution in [1.29, 1.82) is 0 Å². The van der Waals surface area contributed by atoms with Crippen LogP contribution in [0.4, 0.5) is 10.1 Å². The largest absolute Gasteiger partial charge is 0.368 e. The van der Waals surface area contributed by atoms with Crippen molar-refractivity contribution in [2.45, 2.75) is 32.4 Å². The smallest absolute Gasteiger partial charge is 0.146 e. The van der Waals surface area contributed by atoms with E-state index in [9.17, 15) is 4.39 Å². The number of halogens is 2. The number of hydrogen-bond donors (Lipinski definition) is 1. The van der Waals surface area contributed by atoms with Crippen LogP contribution in [0, 0.1) is 5.82 Å². The topological polar surface area (TPSA) is 29.3 Å². The van der Waals surface area contributed by atoms with Crippen molar-refractivity contribution in [2.75, 3.05) is 11.9 Å². The molecule has 0 amide bonds. The van der Waals surface area contributed by atoms with E-state index in [0.29, 0.717) is 12.2 Å². The summed E-state index contributed by atoms with van der Waals surface area (Å²) in [6, 6.07) is 7.57. The minimum absolute atomic E-state index is 0.0936. The Hall–Kier alpha value is -0.910. The first kappa shape index (κ1) is 16.5. The van der Waals surface area contributed by atoms with Crippen LogP contribution in [-0.2, 0) is 13.0 Å². The van der Waals surface area contributed by atoms with Gasteiger partial charge in [0.25, 0.3) is 0 Å². The molecule has 2 N–H and O–H groups in total. The van der Waals surface area contributed by atoms with Gasteiger partial charge >= 0.3 is 0 Å². The van der Waals surface area contributed by atoms with Crippen molar-refractivity contribution in [3.63, 3.8) is 0 Å².